The number of rotatable bonds is 3. The minimum Gasteiger partial charge on any atom is -0.508 e. The van der Waals surface area contributed by atoms with Crippen LogP contribution in [-0.2, 0) is 23.0 Å². The summed E-state index contributed by atoms with van der Waals surface area (Å²) in [6, 6.07) is 4.54. The standard InChI is InChI=1S/C18H22ClN3O3/c1-11-18(12(2)21(3)20-11)16-10-25-7-6-22(16)17(24)8-13-4-5-14(23)9-15(13)19/h4-5,9,16,23H,6-8,10H2,1-3H3/t16-/m0/s1. The fraction of sp³-hybridized carbons (Fsp3) is 0.444. The molecular formula is C18H22ClN3O3. The number of nitrogens with zero attached hydrogens (tertiary/aromatic N) is 3. The van der Waals surface area contributed by atoms with Crippen molar-refractivity contribution in [3.05, 3.63) is 45.7 Å². The number of aryl methyl sites for hydroxylation is 2. The van der Waals surface area contributed by atoms with Crippen molar-refractivity contribution >= 4 is 17.5 Å². The summed E-state index contributed by atoms with van der Waals surface area (Å²) in [5.41, 5.74) is 3.70. The molecule has 0 saturated carbocycles. The second-order valence-electron chi connectivity index (χ2n) is 6.34. The molecule has 2 aromatic rings. The Kier molecular flexibility index (Phi) is 5.01. The van der Waals surface area contributed by atoms with Crippen LogP contribution < -0.4 is 0 Å². The van der Waals surface area contributed by atoms with Gasteiger partial charge in [-0.1, -0.05) is 17.7 Å². The van der Waals surface area contributed by atoms with Gasteiger partial charge in [0.1, 0.15) is 5.75 Å². The predicted molar refractivity (Wildman–Crippen MR) is 94.8 cm³/mol. The van der Waals surface area contributed by atoms with Crippen molar-refractivity contribution in [2.75, 3.05) is 19.8 Å². The minimum atomic E-state index is -0.147. The summed E-state index contributed by atoms with van der Waals surface area (Å²) in [5, 5.41) is 14.3. The molecule has 2 heterocycles. The van der Waals surface area contributed by atoms with Crippen molar-refractivity contribution < 1.29 is 14.6 Å². The number of carbonyl (C=O) groups is 1. The fourth-order valence-electron chi connectivity index (χ4n) is 3.36. The van der Waals surface area contributed by atoms with Gasteiger partial charge in [-0.25, -0.2) is 0 Å². The van der Waals surface area contributed by atoms with Crippen molar-refractivity contribution in [1.82, 2.24) is 14.7 Å². The van der Waals surface area contributed by atoms with E-state index in [4.69, 9.17) is 16.3 Å². The van der Waals surface area contributed by atoms with E-state index in [1.54, 1.807) is 12.1 Å². The van der Waals surface area contributed by atoms with Crippen LogP contribution in [0.4, 0.5) is 0 Å². The van der Waals surface area contributed by atoms with Gasteiger partial charge in [0.25, 0.3) is 0 Å². The number of amides is 1. The minimum absolute atomic E-state index is 0.0106. The summed E-state index contributed by atoms with van der Waals surface area (Å²) in [4.78, 5) is 14.8. The molecule has 3 rings (SSSR count). The van der Waals surface area contributed by atoms with Crippen LogP contribution in [0.5, 0.6) is 5.75 Å². The molecule has 6 nitrogen and oxygen atoms in total. The molecule has 0 aliphatic carbocycles. The van der Waals surface area contributed by atoms with Crippen molar-refractivity contribution in [2.45, 2.75) is 26.3 Å². The lowest BCUT2D eigenvalue weighted by atomic mass is 10.0. The number of phenols is 1. The first-order valence-corrected chi connectivity index (χ1v) is 8.61. The zero-order valence-corrected chi connectivity index (χ0v) is 15.4. The van der Waals surface area contributed by atoms with E-state index in [-0.39, 0.29) is 24.1 Å². The third-order valence-corrected chi connectivity index (χ3v) is 5.08. The van der Waals surface area contributed by atoms with Gasteiger partial charge in [0.2, 0.25) is 5.91 Å². The molecule has 1 amide bonds. The van der Waals surface area contributed by atoms with Crippen LogP contribution >= 0.6 is 11.6 Å². The highest BCUT2D eigenvalue weighted by Crippen LogP contribution is 2.30. The Morgan fingerprint density at radius 2 is 2.20 bits per heavy atom. The number of benzene rings is 1. The van der Waals surface area contributed by atoms with Gasteiger partial charge in [-0.2, -0.15) is 5.10 Å². The molecule has 1 atom stereocenters. The SMILES string of the molecule is Cc1nn(C)c(C)c1[C@@H]1COCCN1C(=O)Cc1ccc(O)cc1Cl. The van der Waals surface area contributed by atoms with Gasteiger partial charge in [-0.05, 0) is 31.5 Å². The lowest BCUT2D eigenvalue weighted by Crippen LogP contribution is -2.44. The zero-order chi connectivity index (χ0) is 18.1. The van der Waals surface area contributed by atoms with E-state index in [0.717, 1.165) is 17.0 Å². The van der Waals surface area contributed by atoms with Crippen molar-refractivity contribution in [3.8, 4) is 5.75 Å². The number of morpholine rings is 1. The summed E-state index contributed by atoms with van der Waals surface area (Å²) in [5.74, 6) is 0.0793. The number of hydrogen-bond acceptors (Lipinski definition) is 4. The maximum Gasteiger partial charge on any atom is 0.227 e. The first-order valence-electron chi connectivity index (χ1n) is 8.23. The highest BCUT2D eigenvalue weighted by molar-refractivity contribution is 6.31. The molecule has 1 saturated heterocycles. The number of aromatic hydroxyl groups is 1. The topological polar surface area (TPSA) is 67.6 Å². The third kappa shape index (κ3) is 3.50. The van der Waals surface area contributed by atoms with E-state index in [9.17, 15) is 9.90 Å². The molecule has 0 spiro atoms. The lowest BCUT2D eigenvalue weighted by Gasteiger charge is -2.36. The molecule has 1 fully saturated rings. The number of phenolic OH excluding ortho intramolecular Hbond substituents is 1. The van der Waals surface area contributed by atoms with E-state index in [0.29, 0.717) is 30.3 Å². The highest BCUT2D eigenvalue weighted by Gasteiger charge is 2.32. The number of ether oxygens (including phenoxy) is 1. The molecule has 0 bridgehead atoms. The summed E-state index contributed by atoms with van der Waals surface area (Å²) in [6.45, 7) is 5.47. The molecule has 1 aromatic heterocycles. The van der Waals surface area contributed by atoms with Crippen LogP contribution in [0, 0.1) is 13.8 Å². The Labute approximate surface area is 152 Å². The second-order valence-corrected chi connectivity index (χ2v) is 6.75. The monoisotopic (exact) mass is 363 g/mol. The van der Waals surface area contributed by atoms with Gasteiger partial charge < -0.3 is 14.7 Å². The molecule has 1 aromatic carbocycles. The maximum atomic E-state index is 12.9. The van der Waals surface area contributed by atoms with Crippen molar-refractivity contribution in [3.63, 3.8) is 0 Å². The molecule has 0 unspecified atom stereocenters. The van der Waals surface area contributed by atoms with E-state index >= 15 is 0 Å². The smallest absolute Gasteiger partial charge is 0.227 e. The van der Waals surface area contributed by atoms with Crippen LogP contribution in [0.2, 0.25) is 5.02 Å². The third-order valence-electron chi connectivity index (χ3n) is 4.73. The lowest BCUT2D eigenvalue weighted by molar-refractivity contribution is -0.139. The van der Waals surface area contributed by atoms with E-state index in [1.165, 1.54) is 6.07 Å². The number of aromatic nitrogens is 2. The van der Waals surface area contributed by atoms with E-state index in [2.05, 4.69) is 5.10 Å². The molecule has 0 radical (unpaired) electrons. The molecule has 1 aliphatic rings. The van der Waals surface area contributed by atoms with E-state index < -0.39 is 0 Å². The Hall–Kier alpha value is -2.05. The molecule has 134 valence electrons. The molecular weight excluding hydrogens is 342 g/mol. The second kappa shape index (κ2) is 7.06. The van der Waals surface area contributed by atoms with Crippen LogP contribution in [0.3, 0.4) is 0 Å². The number of carbonyl (C=O) groups excluding carboxylic acids is 1. The largest absolute Gasteiger partial charge is 0.508 e. The maximum absolute atomic E-state index is 12.9. The van der Waals surface area contributed by atoms with E-state index in [1.807, 2.05) is 30.5 Å². The van der Waals surface area contributed by atoms with Gasteiger partial charge in [-0.3, -0.25) is 9.48 Å². The summed E-state index contributed by atoms with van der Waals surface area (Å²) < 4.78 is 7.47. The first-order chi connectivity index (χ1) is 11.9. The normalized spacial score (nSPS) is 17.8. The Morgan fingerprint density at radius 1 is 1.44 bits per heavy atom. The average molecular weight is 364 g/mol. The summed E-state index contributed by atoms with van der Waals surface area (Å²) in [7, 11) is 1.90. The average Bonchev–Trinajstić information content (AvgIpc) is 2.82. The van der Waals surface area contributed by atoms with Gasteiger partial charge in [0.05, 0.1) is 31.4 Å². The van der Waals surface area contributed by atoms with Gasteiger partial charge in [-0.15, -0.1) is 0 Å². The number of halogens is 1. The molecule has 7 heteroatoms. The highest BCUT2D eigenvalue weighted by atomic mass is 35.5. The Bertz CT molecular complexity index is 803. The van der Waals surface area contributed by atoms with Crippen LogP contribution in [-0.4, -0.2) is 45.5 Å². The van der Waals surface area contributed by atoms with Gasteiger partial charge in [0.15, 0.2) is 0 Å². The van der Waals surface area contributed by atoms with Gasteiger partial charge in [0, 0.05) is 29.9 Å². The van der Waals surface area contributed by atoms with Crippen LogP contribution in [0.15, 0.2) is 18.2 Å². The fourth-order valence-corrected chi connectivity index (χ4v) is 3.60. The van der Waals surface area contributed by atoms with Crippen LogP contribution in [0.1, 0.15) is 28.6 Å². The van der Waals surface area contributed by atoms with Crippen LogP contribution in [0.25, 0.3) is 0 Å². The predicted octanol–water partition coefficient (Wildman–Crippen LogP) is 2.54. The first kappa shape index (κ1) is 17.8. The quantitative estimate of drug-likeness (QED) is 0.910. The molecule has 1 aliphatic heterocycles. The summed E-state index contributed by atoms with van der Waals surface area (Å²) in [6.07, 6.45) is 0.188. The van der Waals surface area contributed by atoms with Crippen molar-refractivity contribution in [2.24, 2.45) is 7.05 Å². The Morgan fingerprint density at radius 3 is 2.84 bits per heavy atom. The molecule has 1 N–H and O–H groups in total. The summed E-state index contributed by atoms with van der Waals surface area (Å²) >= 11 is 6.15. The van der Waals surface area contributed by atoms with Crippen molar-refractivity contribution in [1.29, 1.82) is 0 Å². The van der Waals surface area contributed by atoms with Gasteiger partial charge >= 0.3 is 0 Å². The zero-order valence-electron chi connectivity index (χ0n) is 14.6. The Balaban J connectivity index is 1.86. The molecule has 25 heavy (non-hydrogen) atoms. The number of hydrogen-bond donors (Lipinski definition) is 1.